The van der Waals surface area contributed by atoms with E-state index in [1.807, 2.05) is 0 Å². The fraction of sp³-hybridized carbons (Fsp3) is 0.0667. The molecule has 19 heavy (non-hydrogen) atoms. The van der Waals surface area contributed by atoms with Crippen LogP contribution >= 0.6 is 0 Å². The fourth-order valence-electron chi connectivity index (χ4n) is 2.49. The number of fused-ring (bicyclic) bond motifs is 2. The number of benzene rings is 2. The van der Waals surface area contributed by atoms with Gasteiger partial charge in [0.15, 0.2) is 11.6 Å². The number of carbonyl (C=O) groups is 2. The summed E-state index contributed by atoms with van der Waals surface area (Å²) < 4.78 is 0. The lowest BCUT2D eigenvalue weighted by atomic mass is 9.81. The van der Waals surface area contributed by atoms with Gasteiger partial charge in [-0.15, -0.1) is 0 Å². The second kappa shape index (κ2) is 3.68. The van der Waals surface area contributed by atoms with Crippen LogP contribution in [0.3, 0.4) is 0 Å². The normalized spacial score (nSPS) is 13.1. The van der Waals surface area contributed by atoms with Crippen LogP contribution in [0, 0.1) is 6.92 Å². The molecule has 0 saturated carbocycles. The molecular formula is C15H10O4. The van der Waals surface area contributed by atoms with Gasteiger partial charge in [0.2, 0.25) is 0 Å². The van der Waals surface area contributed by atoms with Crippen LogP contribution in [0.5, 0.6) is 11.5 Å². The lowest BCUT2D eigenvalue weighted by Gasteiger charge is -2.20. The van der Waals surface area contributed by atoms with E-state index in [1.54, 1.807) is 6.92 Å². The molecule has 2 aromatic rings. The number of hydrogen-bond acceptors (Lipinski definition) is 4. The van der Waals surface area contributed by atoms with E-state index in [2.05, 4.69) is 0 Å². The lowest BCUT2D eigenvalue weighted by Crippen LogP contribution is -2.22. The van der Waals surface area contributed by atoms with Gasteiger partial charge in [-0.3, -0.25) is 9.59 Å². The molecule has 2 aromatic carbocycles. The van der Waals surface area contributed by atoms with Crippen molar-refractivity contribution < 1.29 is 19.8 Å². The minimum atomic E-state index is -0.389. The van der Waals surface area contributed by atoms with E-state index in [0.29, 0.717) is 5.56 Å². The molecule has 1 aliphatic carbocycles. The minimum absolute atomic E-state index is 0.0359. The number of hydrogen-bond donors (Lipinski definition) is 2. The van der Waals surface area contributed by atoms with E-state index >= 15 is 0 Å². The minimum Gasteiger partial charge on any atom is -0.508 e. The van der Waals surface area contributed by atoms with Crippen molar-refractivity contribution in [3.63, 3.8) is 0 Å². The maximum Gasteiger partial charge on any atom is 0.198 e. The third-order valence-corrected chi connectivity index (χ3v) is 3.31. The molecule has 2 N–H and O–H groups in total. The predicted molar refractivity (Wildman–Crippen MR) is 67.8 cm³/mol. The number of rotatable bonds is 0. The van der Waals surface area contributed by atoms with Gasteiger partial charge in [0.25, 0.3) is 0 Å². The molecule has 4 heteroatoms. The van der Waals surface area contributed by atoms with Gasteiger partial charge in [-0.05, 0) is 30.7 Å². The Hall–Kier alpha value is -2.62. The van der Waals surface area contributed by atoms with Gasteiger partial charge < -0.3 is 10.2 Å². The first-order valence-corrected chi connectivity index (χ1v) is 5.75. The molecule has 0 unspecified atom stereocenters. The maximum absolute atomic E-state index is 12.4. The van der Waals surface area contributed by atoms with Gasteiger partial charge in [0, 0.05) is 16.7 Å². The van der Waals surface area contributed by atoms with Crippen LogP contribution in [0.15, 0.2) is 30.3 Å². The largest absolute Gasteiger partial charge is 0.508 e. The highest BCUT2D eigenvalue weighted by Crippen LogP contribution is 2.35. The quantitative estimate of drug-likeness (QED) is 0.644. The summed E-state index contributed by atoms with van der Waals surface area (Å²) in [5.74, 6) is -1.00. The van der Waals surface area contributed by atoms with Crippen LogP contribution in [-0.2, 0) is 0 Å². The predicted octanol–water partition coefficient (Wildman–Crippen LogP) is 2.18. The molecule has 3 rings (SSSR count). The summed E-state index contributed by atoms with van der Waals surface area (Å²) in [5, 5.41) is 19.4. The molecule has 0 aliphatic heterocycles. The molecule has 0 spiro atoms. The second-order valence-electron chi connectivity index (χ2n) is 4.54. The van der Waals surface area contributed by atoms with E-state index < -0.39 is 0 Å². The third-order valence-electron chi connectivity index (χ3n) is 3.31. The average Bonchev–Trinajstić information content (AvgIpc) is 2.34. The van der Waals surface area contributed by atoms with E-state index in [9.17, 15) is 19.8 Å². The molecule has 0 aromatic heterocycles. The molecule has 94 valence electrons. The van der Waals surface area contributed by atoms with E-state index in [-0.39, 0.29) is 45.3 Å². The number of ketones is 2. The maximum atomic E-state index is 12.4. The molecule has 1 aliphatic rings. The van der Waals surface area contributed by atoms with Crippen LogP contribution < -0.4 is 0 Å². The monoisotopic (exact) mass is 254 g/mol. The zero-order chi connectivity index (χ0) is 13.7. The topological polar surface area (TPSA) is 74.6 Å². The summed E-state index contributed by atoms with van der Waals surface area (Å²) in [6.07, 6.45) is 0. The lowest BCUT2D eigenvalue weighted by molar-refractivity contribution is 0.0976. The van der Waals surface area contributed by atoms with E-state index in [0.717, 1.165) is 0 Å². The Kier molecular flexibility index (Phi) is 2.22. The van der Waals surface area contributed by atoms with Crippen molar-refractivity contribution in [2.45, 2.75) is 6.92 Å². The Labute approximate surface area is 108 Å². The summed E-state index contributed by atoms with van der Waals surface area (Å²) in [6.45, 7) is 1.65. The van der Waals surface area contributed by atoms with Crippen molar-refractivity contribution in [2.24, 2.45) is 0 Å². The smallest absolute Gasteiger partial charge is 0.198 e. The summed E-state index contributed by atoms with van der Waals surface area (Å²) in [5.41, 5.74) is 1.15. The van der Waals surface area contributed by atoms with E-state index in [4.69, 9.17) is 0 Å². The average molecular weight is 254 g/mol. The Morgan fingerprint density at radius 1 is 0.895 bits per heavy atom. The molecule has 4 nitrogen and oxygen atoms in total. The fourth-order valence-corrected chi connectivity index (χ4v) is 2.49. The zero-order valence-electron chi connectivity index (χ0n) is 10.1. The van der Waals surface area contributed by atoms with Crippen LogP contribution in [-0.4, -0.2) is 21.8 Å². The van der Waals surface area contributed by atoms with Crippen molar-refractivity contribution >= 4 is 11.6 Å². The Morgan fingerprint density at radius 2 is 1.63 bits per heavy atom. The molecule has 0 radical (unpaired) electrons. The highest BCUT2D eigenvalue weighted by molar-refractivity contribution is 6.29. The molecule has 0 atom stereocenters. The van der Waals surface area contributed by atoms with Crippen molar-refractivity contribution in [2.75, 3.05) is 0 Å². The molecule has 0 fully saturated rings. The van der Waals surface area contributed by atoms with Crippen molar-refractivity contribution in [1.82, 2.24) is 0 Å². The molecule has 0 saturated heterocycles. The number of aryl methyl sites for hydroxylation is 1. The zero-order valence-corrected chi connectivity index (χ0v) is 10.1. The molecule has 0 amide bonds. The molecule has 0 heterocycles. The standard InChI is InChI=1S/C15H10O4/c1-7-5-8(16)6-10-12(7)15(19)13-9(14(10)18)3-2-4-11(13)17/h2-6,16-17H,1H3. The van der Waals surface area contributed by atoms with Gasteiger partial charge in [0.05, 0.1) is 5.56 Å². The summed E-state index contributed by atoms with van der Waals surface area (Å²) in [4.78, 5) is 24.7. The first kappa shape index (κ1) is 11.5. The van der Waals surface area contributed by atoms with E-state index in [1.165, 1.54) is 30.3 Å². The van der Waals surface area contributed by atoms with Gasteiger partial charge in [-0.25, -0.2) is 0 Å². The number of carbonyl (C=O) groups excluding carboxylic acids is 2. The van der Waals surface area contributed by atoms with Crippen LogP contribution in [0.25, 0.3) is 0 Å². The van der Waals surface area contributed by atoms with Gasteiger partial charge >= 0.3 is 0 Å². The van der Waals surface area contributed by atoms with Gasteiger partial charge in [-0.2, -0.15) is 0 Å². The SMILES string of the molecule is Cc1cc(O)cc2c1C(=O)c1c(O)cccc1C2=O. The second-order valence-corrected chi connectivity index (χ2v) is 4.54. The van der Waals surface area contributed by atoms with Crippen molar-refractivity contribution in [1.29, 1.82) is 0 Å². The van der Waals surface area contributed by atoms with Crippen LogP contribution in [0.1, 0.15) is 37.4 Å². The molecular weight excluding hydrogens is 244 g/mol. The van der Waals surface area contributed by atoms with Gasteiger partial charge in [0.1, 0.15) is 11.5 Å². The van der Waals surface area contributed by atoms with Crippen LogP contribution in [0.4, 0.5) is 0 Å². The van der Waals surface area contributed by atoms with Crippen molar-refractivity contribution in [3.05, 3.63) is 58.1 Å². The first-order chi connectivity index (χ1) is 9.00. The highest BCUT2D eigenvalue weighted by Gasteiger charge is 2.33. The highest BCUT2D eigenvalue weighted by atomic mass is 16.3. The summed E-state index contributed by atoms with van der Waals surface area (Å²) in [6, 6.07) is 7.10. The third kappa shape index (κ3) is 1.46. The Morgan fingerprint density at radius 3 is 2.37 bits per heavy atom. The molecule has 0 bridgehead atoms. The van der Waals surface area contributed by atoms with Crippen molar-refractivity contribution in [3.8, 4) is 11.5 Å². The number of phenols is 2. The number of phenolic OH excluding ortho intramolecular Hbond substituents is 2. The Bertz CT molecular complexity index is 744. The number of aromatic hydroxyl groups is 2. The first-order valence-electron chi connectivity index (χ1n) is 5.75. The Balaban J connectivity index is 2.40. The van der Waals surface area contributed by atoms with Gasteiger partial charge in [-0.1, -0.05) is 12.1 Å². The van der Waals surface area contributed by atoms with Crippen LogP contribution in [0.2, 0.25) is 0 Å². The summed E-state index contributed by atoms with van der Waals surface area (Å²) in [7, 11) is 0. The summed E-state index contributed by atoms with van der Waals surface area (Å²) >= 11 is 0.